The van der Waals surface area contributed by atoms with Crippen molar-refractivity contribution in [1.29, 1.82) is 0 Å². The zero-order valence-electron chi connectivity index (χ0n) is 12.8. The van der Waals surface area contributed by atoms with Crippen molar-refractivity contribution < 1.29 is 4.74 Å². The van der Waals surface area contributed by atoms with E-state index in [4.69, 9.17) is 4.74 Å². The maximum absolute atomic E-state index is 5.01. The van der Waals surface area contributed by atoms with Crippen LogP contribution in [0.3, 0.4) is 0 Å². The molecule has 0 fully saturated rings. The maximum Gasteiger partial charge on any atom is 0.0839 e. The van der Waals surface area contributed by atoms with Gasteiger partial charge in [-0.1, -0.05) is 6.92 Å². The predicted octanol–water partition coefficient (Wildman–Crippen LogP) is 1.73. The lowest BCUT2D eigenvalue weighted by Gasteiger charge is -2.03. The number of nitrogens with zero attached hydrogens (tertiary/aromatic N) is 4. The predicted molar refractivity (Wildman–Crippen MR) is 85.2 cm³/mol. The molecule has 0 spiro atoms. The van der Waals surface area contributed by atoms with Crippen LogP contribution in [0.2, 0.25) is 0 Å². The summed E-state index contributed by atoms with van der Waals surface area (Å²) in [5, 5.41) is 12.2. The van der Waals surface area contributed by atoms with E-state index in [1.54, 1.807) is 7.11 Å². The Kier molecular flexibility index (Phi) is 5.96. The molecule has 0 aromatic carbocycles. The number of hydrogen-bond donors (Lipinski definition) is 1. The molecule has 0 atom stereocenters. The van der Waals surface area contributed by atoms with Gasteiger partial charge in [-0.3, -0.25) is 9.36 Å². The van der Waals surface area contributed by atoms with Crippen molar-refractivity contribution in [2.75, 3.05) is 20.3 Å². The number of ether oxygens (including phenoxy) is 1. The Morgan fingerprint density at radius 2 is 2.24 bits per heavy atom. The van der Waals surface area contributed by atoms with Crippen LogP contribution in [0, 0.1) is 0 Å². The summed E-state index contributed by atoms with van der Waals surface area (Å²) in [6, 6.07) is 0. The average molecular weight is 356 g/mol. The van der Waals surface area contributed by atoms with Gasteiger partial charge in [-0.05, 0) is 22.4 Å². The van der Waals surface area contributed by atoms with E-state index in [0.29, 0.717) is 6.54 Å². The van der Waals surface area contributed by atoms with E-state index in [9.17, 15) is 0 Å². The van der Waals surface area contributed by atoms with Crippen LogP contribution in [0.1, 0.15) is 23.9 Å². The van der Waals surface area contributed by atoms with Crippen molar-refractivity contribution >= 4 is 15.9 Å². The summed E-state index contributed by atoms with van der Waals surface area (Å²) in [6.07, 6.45) is 4.87. The molecule has 1 N–H and O–H groups in total. The fourth-order valence-corrected chi connectivity index (χ4v) is 2.88. The Labute approximate surface area is 133 Å². The van der Waals surface area contributed by atoms with Gasteiger partial charge in [0.25, 0.3) is 0 Å². The lowest BCUT2D eigenvalue weighted by Crippen LogP contribution is -2.18. The van der Waals surface area contributed by atoms with Crippen LogP contribution < -0.4 is 5.32 Å². The Hall–Kier alpha value is -1.18. The molecule has 116 valence electrons. The summed E-state index contributed by atoms with van der Waals surface area (Å²) in [7, 11) is 3.67. The standard InChI is InChI=1S/C14H22BrN5O/c1-4-12-14(15)13(19(2)18-12)10-20-9-11(8-17-20)7-16-5-6-21-3/h8-9,16H,4-7,10H2,1-3H3. The third kappa shape index (κ3) is 4.15. The summed E-state index contributed by atoms with van der Waals surface area (Å²) >= 11 is 3.64. The lowest BCUT2D eigenvalue weighted by atomic mass is 10.3. The summed E-state index contributed by atoms with van der Waals surface area (Å²) in [5.74, 6) is 0. The molecule has 0 radical (unpaired) electrons. The van der Waals surface area contributed by atoms with E-state index >= 15 is 0 Å². The highest BCUT2D eigenvalue weighted by Gasteiger charge is 2.13. The monoisotopic (exact) mass is 355 g/mol. The number of methoxy groups -OCH3 is 1. The first-order valence-corrected chi connectivity index (χ1v) is 7.86. The minimum Gasteiger partial charge on any atom is -0.383 e. The molecule has 0 unspecified atom stereocenters. The summed E-state index contributed by atoms with van der Waals surface area (Å²) in [5.41, 5.74) is 3.38. The fraction of sp³-hybridized carbons (Fsp3) is 0.571. The van der Waals surface area contributed by atoms with Crippen LogP contribution in [0.5, 0.6) is 0 Å². The number of rotatable bonds is 8. The zero-order chi connectivity index (χ0) is 15.2. The highest BCUT2D eigenvalue weighted by atomic mass is 79.9. The Balaban J connectivity index is 1.98. The van der Waals surface area contributed by atoms with Crippen molar-refractivity contribution in [2.45, 2.75) is 26.4 Å². The van der Waals surface area contributed by atoms with Crippen molar-refractivity contribution in [3.8, 4) is 0 Å². The number of aromatic nitrogens is 4. The summed E-state index contributed by atoms with van der Waals surface area (Å²) < 4.78 is 9.95. The molecule has 2 heterocycles. The summed E-state index contributed by atoms with van der Waals surface area (Å²) in [4.78, 5) is 0. The average Bonchev–Trinajstić information content (AvgIpc) is 3.03. The first-order valence-electron chi connectivity index (χ1n) is 7.07. The van der Waals surface area contributed by atoms with E-state index < -0.39 is 0 Å². The number of hydrogen-bond acceptors (Lipinski definition) is 4. The molecule has 0 bridgehead atoms. The summed E-state index contributed by atoms with van der Waals surface area (Å²) in [6.45, 7) is 5.18. The molecule has 0 saturated heterocycles. The van der Waals surface area contributed by atoms with Gasteiger partial charge in [-0.15, -0.1) is 0 Å². The fourth-order valence-electron chi connectivity index (χ4n) is 2.14. The van der Waals surface area contributed by atoms with Gasteiger partial charge in [0.15, 0.2) is 0 Å². The SMILES string of the molecule is CCc1nn(C)c(Cn2cc(CNCCOC)cn2)c1Br. The van der Waals surface area contributed by atoms with Gasteiger partial charge in [0.05, 0.1) is 35.2 Å². The van der Waals surface area contributed by atoms with Crippen molar-refractivity contribution in [3.63, 3.8) is 0 Å². The first kappa shape index (κ1) is 16.2. The molecule has 2 aromatic rings. The third-order valence-corrected chi connectivity index (χ3v) is 4.23. The molecule has 0 aliphatic rings. The van der Waals surface area contributed by atoms with Crippen molar-refractivity contribution in [1.82, 2.24) is 24.9 Å². The van der Waals surface area contributed by atoms with E-state index in [0.717, 1.165) is 42.0 Å². The minimum absolute atomic E-state index is 0.710. The van der Waals surface area contributed by atoms with E-state index in [-0.39, 0.29) is 0 Å². The second kappa shape index (κ2) is 7.72. The number of nitrogens with one attached hydrogen (secondary N) is 1. The van der Waals surface area contributed by atoms with Gasteiger partial charge in [0.2, 0.25) is 0 Å². The largest absolute Gasteiger partial charge is 0.383 e. The molecule has 0 amide bonds. The lowest BCUT2D eigenvalue weighted by molar-refractivity contribution is 0.199. The molecule has 2 rings (SSSR count). The molecule has 0 aliphatic heterocycles. The molecule has 0 aliphatic carbocycles. The Morgan fingerprint density at radius 1 is 1.43 bits per heavy atom. The Morgan fingerprint density at radius 3 is 2.90 bits per heavy atom. The minimum atomic E-state index is 0.710. The quantitative estimate of drug-likeness (QED) is 0.732. The van der Waals surface area contributed by atoms with E-state index in [1.807, 2.05) is 22.6 Å². The topological polar surface area (TPSA) is 56.9 Å². The highest BCUT2D eigenvalue weighted by Crippen LogP contribution is 2.22. The number of aryl methyl sites for hydroxylation is 2. The highest BCUT2D eigenvalue weighted by molar-refractivity contribution is 9.10. The van der Waals surface area contributed by atoms with Crippen LogP contribution in [0.25, 0.3) is 0 Å². The second-order valence-electron chi connectivity index (χ2n) is 4.90. The van der Waals surface area contributed by atoms with Gasteiger partial charge >= 0.3 is 0 Å². The van der Waals surface area contributed by atoms with Gasteiger partial charge in [0.1, 0.15) is 0 Å². The third-order valence-electron chi connectivity index (χ3n) is 3.31. The smallest absolute Gasteiger partial charge is 0.0839 e. The van der Waals surface area contributed by atoms with Crippen LogP contribution in [0.4, 0.5) is 0 Å². The zero-order valence-corrected chi connectivity index (χ0v) is 14.4. The second-order valence-corrected chi connectivity index (χ2v) is 5.69. The molecule has 0 saturated carbocycles. The molecule has 7 heteroatoms. The normalized spacial score (nSPS) is 11.2. The molecular formula is C14H22BrN5O. The van der Waals surface area contributed by atoms with Gasteiger partial charge in [-0.25, -0.2) is 0 Å². The molecule has 2 aromatic heterocycles. The van der Waals surface area contributed by atoms with Crippen molar-refractivity contribution in [3.05, 3.63) is 33.8 Å². The van der Waals surface area contributed by atoms with Crippen LogP contribution in [-0.2, 0) is 31.3 Å². The van der Waals surface area contributed by atoms with Crippen LogP contribution in [0.15, 0.2) is 16.9 Å². The van der Waals surface area contributed by atoms with Gasteiger partial charge < -0.3 is 10.1 Å². The van der Waals surface area contributed by atoms with Crippen LogP contribution in [-0.4, -0.2) is 39.8 Å². The van der Waals surface area contributed by atoms with Gasteiger partial charge in [0, 0.05) is 39.0 Å². The van der Waals surface area contributed by atoms with E-state index in [1.165, 1.54) is 5.56 Å². The maximum atomic E-state index is 5.01. The number of halogens is 1. The molecule has 6 nitrogen and oxygen atoms in total. The molecule has 21 heavy (non-hydrogen) atoms. The van der Waals surface area contributed by atoms with Crippen LogP contribution >= 0.6 is 15.9 Å². The Bertz CT molecular complexity index is 578. The van der Waals surface area contributed by atoms with E-state index in [2.05, 4.69) is 44.6 Å². The van der Waals surface area contributed by atoms with Crippen molar-refractivity contribution in [2.24, 2.45) is 7.05 Å². The van der Waals surface area contributed by atoms with Gasteiger partial charge in [-0.2, -0.15) is 10.2 Å². The molecular weight excluding hydrogens is 334 g/mol. The first-order chi connectivity index (χ1) is 10.2.